The lowest BCUT2D eigenvalue weighted by atomic mass is 9.99. The van der Waals surface area contributed by atoms with Gasteiger partial charge >= 0.3 is 0 Å². The van der Waals surface area contributed by atoms with E-state index in [0.29, 0.717) is 16.6 Å². The van der Waals surface area contributed by atoms with Crippen molar-refractivity contribution in [3.05, 3.63) is 29.8 Å². The fraction of sp³-hybridized carbons (Fsp3) is 0.500. The number of thiocarbonyl (C=S) groups is 1. The normalized spacial score (nSPS) is 19.0. The van der Waals surface area contributed by atoms with Crippen LogP contribution in [0.5, 0.6) is 0 Å². The van der Waals surface area contributed by atoms with E-state index in [0.717, 1.165) is 18.8 Å². The van der Waals surface area contributed by atoms with Crippen LogP contribution in [0, 0.1) is 5.92 Å². The summed E-state index contributed by atoms with van der Waals surface area (Å²) in [5.41, 5.74) is 1.61. The number of hydrogen-bond donors (Lipinski definition) is 2. The average Bonchev–Trinajstić information content (AvgIpc) is 2.46. The minimum Gasteiger partial charge on any atom is -0.362 e. The highest BCUT2D eigenvalue weighted by atomic mass is 32.1. The second-order valence-electron chi connectivity index (χ2n) is 5.74. The van der Waals surface area contributed by atoms with E-state index in [1.165, 1.54) is 19.4 Å². The lowest BCUT2D eigenvalue weighted by Crippen LogP contribution is -2.40. The molecule has 4 nitrogen and oxygen atoms in total. The van der Waals surface area contributed by atoms with E-state index >= 15 is 0 Å². The molecule has 5 heteroatoms. The number of likely N-dealkylation sites (tertiary alicyclic amines) is 1. The Hall–Kier alpha value is -1.46. The molecule has 0 aromatic heterocycles. The van der Waals surface area contributed by atoms with E-state index in [2.05, 4.69) is 22.6 Å². The van der Waals surface area contributed by atoms with E-state index in [1.54, 1.807) is 6.92 Å². The van der Waals surface area contributed by atoms with Crippen LogP contribution in [-0.2, 0) is 0 Å². The molecule has 2 rings (SSSR count). The quantitative estimate of drug-likeness (QED) is 0.661. The number of hydrogen-bond acceptors (Lipinski definition) is 3. The summed E-state index contributed by atoms with van der Waals surface area (Å²) in [7, 11) is 2.17. The Bertz CT molecular complexity index is 501. The third-order valence-electron chi connectivity index (χ3n) is 3.82. The zero-order valence-corrected chi connectivity index (χ0v) is 13.5. The van der Waals surface area contributed by atoms with Crippen molar-refractivity contribution in [2.45, 2.75) is 19.8 Å². The Morgan fingerprint density at radius 1 is 1.38 bits per heavy atom. The average molecular weight is 305 g/mol. The van der Waals surface area contributed by atoms with Crippen molar-refractivity contribution in [3.8, 4) is 0 Å². The minimum absolute atomic E-state index is 0.0728. The van der Waals surface area contributed by atoms with E-state index in [-0.39, 0.29) is 5.78 Å². The fourth-order valence-corrected chi connectivity index (χ4v) is 2.84. The van der Waals surface area contributed by atoms with Gasteiger partial charge in [-0.05, 0) is 75.8 Å². The van der Waals surface area contributed by atoms with Gasteiger partial charge < -0.3 is 15.5 Å². The number of ketones is 1. The highest BCUT2D eigenvalue weighted by Gasteiger charge is 2.16. The van der Waals surface area contributed by atoms with Gasteiger partial charge in [-0.3, -0.25) is 4.79 Å². The van der Waals surface area contributed by atoms with Crippen LogP contribution < -0.4 is 10.6 Å². The molecule has 0 saturated carbocycles. The third-order valence-corrected chi connectivity index (χ3v) is 4.07. The lowest BCUT2D eigenvalue weighted by Gasteiger charge is -2.30. The molecule has 114 valence electrons. The number of carbonyl (C=O) groups is 1. The molecule has 0 bridgehead atoms. The van der Waals surface area contributed by atoms with Gasteiger partial charge in [0.25, 0.3) is 0 Å². The molecule has 1 atom stereocenters. The molecule has 1 aromatic rings. The van der Waals surface area contributed by atoms with Crippen LogP contribution >= 0.6 is 12.2 Å². The van der Waals surface area contributed by atoms with E-state index < -0.39 is 0 Å². The maximum Gasteiger partial charge on any atom is 0.170 e. The highest BCUT2D eigenvalue weighted by molar-refractivity contribution is 7.80. The molecule has 1 aliphatic heterocycles. The zero-order chi connectivity index (χ0) is 15.2. The van der Waals surface area contributed by atoms with Gasteiger partial charge in [0, 0.05) is 24.3 Å². The van der Waals surface area contributed by atoms with Gasteiger partial charge in [-0.25, -0.2) is 0 Å². The molecule has 1 heterocycles. The number of benzene rings is 1. The van der Waals surface area contributed by atoms with Gasteiger partial charge in [0.15, 0.2) is 10.9 Å². The summed E-state index contributed by atoms with van der Waals surface area (Å²) >= 11 is 5.32. The van der Waals surface area contributed by atoms with Gasteiger partial charge in [-0.2, -0.15) is 0 Å². The van der Waals surface area contributed by atoms with Crippen LogP contribution in [0.15, 0.2) is 24.3 Å². The van der Waals surface area contributed by atoms with Crippen LogP contribution in [0.25, 0.3) is 0 Å². The van der Waals surface area contributed by atoms with Crippen molar-refractivity contribution in [3.63, 3.8) is 0 Å². The molecule has 0 radical (unpaired) electrons. The summed E-state index contributed by atoms with van der Waals surface area (Å²) < 4.78 is 0. The maximum atomic E-state index is 11.2. The van der Waals surface area contributed by atoms with E-state index in [1.807, 2.05) is 24.3 Å². The smallest absolute Gasteiger partial charge is 0.170 e. The molecule has 0 aliphatic carbocycles. The number of rotatable bonds is 4. The van der Waals surface area contributed by atoms with Crippen molar-refractivity contribution >= 4 is 28.8 Å². The van der Waals surface area contributed by atoms with Crippen LogP contribution in [0.3, 0.4) is 0 Å². The SMILES string of the molecule is CC(=O)c1ccc(NC(=S)NC[C@H]2CCCN(C)C2)cc1. The number of nitrogens with one attached hydrogen (secondary N) is 2. The van der Waals surface area contributed by atoms with Crippen molar-refractivity contribution in [2.24, 2.45) is 5.92 Å². The van der Waals surface area contributed by atoms with Gasteiger partial charge in [-0.1, -0.05) is 0 Å². The Labute approximate surface area is 131 Å². The number of nitrogens with zero attached hydrogens (tertiary/aromatic N) is 1. The summed E-state index contributed by atoms with van der Waals surface area (Å²) in [5, 5.41) is 7.08. The monoisotopic (exact) mass is 305 g/mol. The topological polar surface area (TPSA) is 44.4 Å². The first-order valence-corrected chi connectivity index (χ1v) is 7.80. The molecular formula is C16H23N3OS. The summed E-state index contributed by atoms with van der Waals surface area (Å²) in [6, 6.07) is 7.37. The number of anilines is 1. The molecule has 1 aliphatic rings. The summed E-state index contributed by atoms with van der Waals surface area (Å²) in [6.07, 6.45) is 2.52. The minimum atomic E-state index is 0.0728. The fourth-order valence-electron chi connectivity index (χ4n) is 2.64. The van der Waals surface area contributed by atoms with E-state index in [9.17, 15) is 4.79 Å². The molecule has 2 N–H and O–H groups in total. The standard InChI is InChI=1S/C16H23N3OS/c1-12(20)14-5-7-15(8-6-14)18-16(21)17-10-13-4-3-9-19(2)11-13/h5-8,13H,3-4,9-11H2,1-2H3,(H2,17,18,21)/t13-/m1/s1. The van der Waals surface area contributed by atoms with Crippen LogP contribution in [-0.4, -0.2) is 42.5 Å². The molecule has 0 unspecified atom stereocenters. The predicted octanol–water partition coefficient (Wildman–Crippen LogP) is 2.52. The summed E-state index contributed by atoms with van der Waals surface area (Å²) in [4.78, 5) is 13.6. The number of carbonyl (C=O) groups excluding carboxylic acids is 1. The Kier molecular flexibility index (Phi) is 5.70. The summed E-state index contributed by atoms with van der Waals surface area (Å²) in [5.74, 6) is 0.729. The lowest BCUT2D eigenvalue weighted by molar-refractivity contribution is 0.101. The molecular weight excluding hydrogens is 282 g/mol. The van der Waals surface area contributed by atoms with Crippen molar-refractivity contribution in [1.82, 2.24) is 10.2 Å². The first-order valence-electron chi connectivity index (χ1n) is 7.39. The first-order chi connectivity index (χ1) is 10.0. The van der Waals surface area contributed by atoms with Crippen molar-refractivity contribution in [1.29, 1.82) is 0 Å². The predicted molar refractivity (Wildman–Crippen MR) is 90.9 cm³/mol. The Morgan fingerprint density at radius 3 is 2.71 bits per heavy atom. The molecule has 0 amide bonds. The number of Topliss-reactive ketones (excluding diaryl/α,β-unsaturated/α-hetero) is 1. The summed E-state index contributed by atoms with van der Waals surface area (Å²) in [6.45, 7) is 4.79. The van der Waals surface area contributed by atoms with Crippen LogP contribution in [0.2, 0.25) is 0 Å². The van der Waals surface area contributed by atoms with Gasteiger partial charge in [0.2, 0.25) is 0 Å². The Balaban J connectivity index is 1.77. The molecule has 1 saturated heterocycles. The maximum absolute atomic E-state index is 11.2. The second-order valence-corrected chi connectivity index (χ2v) is 6.15. The van der Waals surface area contributed by atoms with Gasteiger partial charge in [0.05, 0.1) is 0 Å². The van der Waals surface area contributed by atoms with Gasteiger partial charge in [-0.15, -0.1) is 0 Å². The van der Waals surface area contributed by atoms with Gasteiger partial charge in [0.1, 0.15) is 0 Å². The largest absolute Gasteiger partial charge is 0.362 e. The van der Waals surface area contributed by atoms with Crippen LogP contribution in [0.1, 0.15) is 30.1 Å². The van der Waals surface area contributed by atoms with Crippen molar-refractivity contribution in [2.75, 3.05) is 32.0 Å². The van der Waals surface area contributed by atoms with E-state index in [4.69, 9.17) is 12.2 Å². The molecule has 21 heavy (non-hydrogen) atoms. The van der Waals surface area contributed by atoms with Crippen LogP contribution in [0.4, 0.5) is 5.69 Å². The number of piperidine rings is 1. The Morgan fingerprint density at radius 2 is 2.10 bits per heavy atom. The molecule has 0 spiro atoms. The van der Waals surface area contributed by atoms with Crippen molar-refractivity contribution < 1.29 is 4.79 Å². The first kappa shape index (κ1) is 15.9. The highest BCUT2D eigenvalue weighted by Crippen LogP contribution is 2.14. The molecule has 1 aromatic carbocycles. The third kappa shape index (κ3) is 5.10. The second kappa shape index (κ2) is 7.52. The zero-order valence-electron chi connectivity index (χ0n) is 12.7. The molecule has 1 fully saturated rings.